The molecule has 1 aromatic carbocycles. The summed E-state index contributed by atoms with van der Waals surface area (Å²) in [6.07, 6.45) is 7.10. The van der Waals surface area contributed by atoms with Crippen molar-refractivity contribution in [1.29, 1.82) is 0 Å². The second-order valence-electron chi connectivity index (χ2n) is 11.6. The van der Waals surface area contributed by atoms with Crippen molar-refractivity contribution in [2.75, 3.05) is 19.6 Å². The highest BCUT2D eigenvalue weighted by Crippen LogP contribution is 2.41. The number of hydrogen-bond acceptors (Lipinski definition) is 5. The standard InChI is InChI=1S/C30H42ClN5O3/c1-3-4-17-36-28(38)24(26(37)22-13-9-6-10-14-22)32-29(39)30(36)15-18-35(19-16-30)25(21-11-7-5-8-12-21)23-20(2)33-34-27(23)31/h5,7-8,11-12,22,24-26,37H,3-4,6,9-10,13-19H2,1-2H3,(H,32,39)(H,33,34)/t24-,25?,26-/m1/s1. The zero-order valence-electron chi connectivity index (χ0n) is 23.2. The van der Waals surface area contributed by atoms with Gasteiger partial charge in [0.25, 0.3) is 0 Å². The number of amides is 2. The smallest absolute Gasteiger partial charge is 0.248 e. The Kier molecular flexibility index (Phi) is 8.64. The van der Waals surface area contributed by atoms with Gasteiger partial charge in [0.2, 0.25) is 11.8 Å². The predicted octanol–water partition coefficient (Wildman–Crippen LogP) is 4.36. The lowest BCUT2D eigenvalue weighted by Crippen LogP contribution is -2.75. The summed E-state index contributed by atoms with van der Waals surface area (Å²) in [6.45, 7) is 5.83. The van der Waals surface area contributed by atoms with E-state index < -0.39 is 17.7 Å². The lowest BCUT2D eigenvalue weighted by atomic mass is 9.77. The number of aromatic nitrogens is 2. The van der Waals surface area contributed by atoms with E-state index in [0.29, 0.717) is 37.6 Å². The molecule has 212 valence electrons. The monoisotopic (exact) mass is 555 g/mol. The van der Waals surface area contributed by atoms with Gasteiger partial charge in [-0.15, -0.1) is 0 Å². The zero-order chi connectivity index (χ0) is 27.6. The van der Waals surface area contributed by atoms with Crippen LogP contribution in [0.5, 0.6) is 0 Å². The number of H-pyrrole nitrogens is 1. The SMILES string of the molecule is CCCCN1C(=O)[C@@H]([C@H](O)C2CCCCC2)NC(=O)C12CCN(C(c1ccccc1)c1c(C)n[nH]c1Cl)CC2. The van der Waals surface area contributed by atoms with Crippen LogP contribution < -0.4 is 5.32 Å². The third kappa shape index (κ3) is 5.35. The molecule has 39 heavy (non-hydrogen) atoms. The lowest BCUT2D eigenvalue weighted by Gasteiger charge is -2.53. The molecule has 1 saturated carbocycles. The van der Waals surface area contributed by atoms with E-state index in [2.05, 4.69) is 39.5 Å². The molecule has 3 aliphatic rings. The topological polar surface area (TPSA) is 102 Å². The first-order valence-corrected chi connectivity index (χ1v) is 15.0. The van der Waals surface area contributed by atoms with Gasteiger partial charge in [0.05, 0.1) is 17.8 Å². The minimum atomic E-state index is -0.901. The van der Waals surface area contributed by atoms with Gasteiger partial charge < -0.3 is 15.3 Å². The number of benzene rings is 1. The van der Waals surface area contributed by atoms with Crippen molar-refractivity contribution in [3.05, 3.63) is 52.3 Å². The summed E-state index contributed by atoms with van der Waals surface area (Å²) < 4.78 is 0. The number of likely N-dealkylation sites (tertiary alicyclic amines) is 1. The van der Waals surface area contributed by atoms with E-state index >= 15 is 0 Å². The fraction of sp³-hybridized carbons (Fsp3) is 0.633. The van der Waals surface area contributed by atoms with Crippen LogP contribution in [0.15, 0.2) is 30.3 Å². The van der Waals surface area contributed by atoms with Crippen LogP contribution in [0.25, 0.3) is 0 Å². The van der Waals surface area contributed by atoms with E-state index in [4.69, 9.17) is 11.6 Å². The van der Waals surface area contributed by atoms with Gasteiger partial charge in [-0.2, -0.15) is 5.10 Å². The first-order valence-electron chi connectivity index (χ1n) is 14.7. The van der Waals surface area contributed by atoms with Crippen LogP contribution in [-0.2, 0) is 9.59 Å². The summed E-state index contributed by atoms with van der Waals surface area (Å²) in [5.41, 5.74) is 2.01. The second-order valence-corrected chi connectivity index (χ2v) is 12.0. The second kappa shape index (κ2) is 12.0. The molecule has 2 saturated heterocycles. The van der Waals surface area contributed by atoms with Gasteiger partial charge in [0.1, 0.15) is 16.7 Å². The maximum Gasteiger partial charge on any atom is 0.248 e. The minimum Gasteiger partial charge on any atom is -0.390 e. The number of hydrogen-bond donors (Lipinski definition) is 3. The number of aliphatic hydroxyl groups is 1. The van der Waals surface area contributed by atoms with Gasteiger partial charge in [-0.1, -0.05) is 74.5 Å². The van der Waals surface area contributed by atoms with Crippen LogP contribution in [0.2, 0.25) is 5.15 Å². The Morgan fingerprint density at radius 3 is 2.44 bits per heavy atom. The number of nitrogens with zero attached hydrogens (tertiary/aromatic N) is 3. The van der Waals surface area contributed by atoms with Crippen molar-refractivity contribution < 1.29 is 14.7 Å². The largest absolute Gasteiger partial charge is 0.390 e. The van der Waals surface area contributed by atoms with E-state index in [1.54, 1.807) is 0 Å². The number of carbonyl (C=O) groups excluding carboxylic acids is 2. The Morgan fingerprint density at radius 2 is 1.82 bits per heavy atom. The Morgan fingerprint density at radius 1 is 1.13 bits per heavy atom. The third-order valence-corrected chi connectivity index (χ3v) is 9.58. The Hall–Kier alpha value is -2.42. The number of nitrogens with one attached hydrogen (secondary N) is 2. The molecule has 8 nitrogen and oxygen atoms in total. The molecule has 3 fully saturated rings. The Bertz CT molecular complexity index is 1120. The normalized spacial score (nSPS) is 24.1. The molecule has 0 radical (unpaired) electrons. The predicted molar refractivity (Wildman–Crippen MR) is 151 cm³/mol. The van der Waals surface area contributed by atoms with Gasteiger partial charge in [0, 0.05) is 25.2 Å². The summed E-state index contributed by atoms with van der Waals surface area (Å²) >= 11 is 6.60. The van der Waals surface area contributed by atoms with Crippen molar-refractivity contribution in [1.82, 2.24) is 25.3 Å². The van der Waals surface area contributed by atoms with Gasteiger partial charge in [-0.25, -0.2) is 0 Å². The number of aromatic amines is 1. The molecular formula is C30H42ClN5O3. The van der Waals surface area contributed by atoms with Crippen molar-refractivity contribution in [3.8, 4) is 0 Å². The van der Waals surface area contributed by atoms with Crippen LogP contribution >= 0.6 is 11.6 Å². The van der Waals surface area contributed by atoms with Crippen LogP contribution in [0.4, 0.5) is 0 Å². The summed E-state index contributed by atoms with van der Waals surface area (Å²) in [5.74, 6) is -0.180. The molecule has 3 heterocycles. The van der Waals surface area contributed by atoms with Gasteiger partial charge in [-0.05, 0) is 50.5 Å². The molecule has 5 rings (SSSR count). The number of aryl methyl sites for hydroxylation is 1. The summed E-state index contributed by atoms with van der Waals surface area (Å²) in [5, 5.41) is 22.0. The number of aliphatic hydroxyl groups excluding tert-OH is 1. The van der Waals surface area contributed by atoms with Crippen LogP contribution in [0.3, 0.4) is 0 Å². The van der Waals surface area contributed by atoms with Crippen LogP contribution in [0.1, 0.15) is 87.6 Å². The molecule has 3 N–H and O–H groups in total. The lowest BCUT2D eigenvalue weighted by molar-refractivity contribution is -0.166. The minimum absolute atomic E-state index is 0.0616. The molecule has 2 amide bonds. The van der Waals surface area contributed by atoms with Crippen LogP contribution in [0, 0.1) is 12.8 Å². The maximum atomic E-state index is 14.0. The van der Waals surface area contributed by atoms with Crippen molar-refractivity contribution in [3.63, 3.8) is 0 Å². The molecule has 9 heteroatoms. The number of carbonyl (C=O) groups is 2. The average molecular weight is 556 g/mol. The summed E-state index contributed by atoms with van der Waals surface area (Å²) in [4.78, 5) is 32.0. The van der Waals surface area contributed by atoms with Gasteiger partial charge in [0.15, 0.2) is 0 Å². The van der Waals surface area contributed by atoms with Gasteiger partial charge in [-0.3, -0.25) is 19.6 Å². The van der Waals surface area contributed by atoms with E-state index in [9.17, 15) is 14.7 Å². The average Bonchev–Trinajstić information content (AvgIpc) is 3.30. The number of halogens is 1. The zero-order valence-corrected chi connectivity index (χ0v) is 23.9. The number of piperidine rings is 1. The van der Waals surface area contributed by atoms with Crippen molar-refractivity contribution in [2.24, 2.45) is 5.92 Å². The molecule has 2 aliphatic heterocycles. The third-order valence-electron chi connectivity index (χ3n) is 9.29. The van der Waals surface area contributed by atoms with Crippen molar-refractivity contribution in [2.45, 2.75) is 95.4 Å². The first kappa shape index (κ1) is 28.1. The first-order chi connectivity index (χ1) is 18.9. The number of piperazine rings is 1. The van der Waals surface area contributed by atoms with Crippen molar-refractivity contribution >= 4 is 23.4 Å². The molecular weight excluding hydrogens is 514 g/mol. The highest BCUT2D eigenvalue weighted by atomic mass is 35.5. The van der Waals surface area contributed by atoms with E-state index in [1.807, 2.05) is 30.0 Å². The number of unbranched alkanes of at least 4 members (excludes halogenated alkanes) is 1. The highest BCUT2D eigenvalue weighted by molar-refractivity contribution is 6.30. The molecule has 1 aromatic heterocycles. The van der Waals surface area contributed by atoms with Gasteiger partial charge >= 0.3 is 0 Å². The maximum absolute atomic E-state index is 14.0. The van der Waals surface area contributed by atoms with E-state index in [0.717, 1.165) is 55.3 Å². The molecule has 1 unspecified atom stereocenters. The van der Waals surface area contributed by atoms with E-state index in [-0.39, 0.29) is 23.8 Å². The Balaban J connectivity index is 1.40. The molecule has 1 spiro atoms. The molecule has 3 atom stereocenters. The molecule has 2 aromatic rings. The fourth-order valence-corrected chi connectivity index (χ4v) is 7.32. The summed E-state index contributed by atoms with van der Waals surface area (Å²) in [6, 6.07) is 9.27. The quantitative estimate of drug-likeness (QED) is 0.449. The number of rotatable bonds is 8. The summed E-state index contributed by atoms with van der Waals surface area (Å²) in [7, 11) is 0. The van der Waals surface area contributed by atoms with Crippen LogP contribution in [-0.4, -0.2) is 74.2 Å². The Labute approximate surface area is 236 Å². The highest BCUT2D eigenvalue weighted by Gasteiger charge is 2.55. The van der Waals surface area contributed by atoms with E-state index in [1.165, 1.54) is 6.42 Å². The molecule has 1 aliphatic carbocycles. The fourth-order valence-electron chi connectivity index (χ4n) is 7.03. The molecule has 0 bridgehead atoms.